The number of carbonyl (C=O) groups excluding carboxylic acids is 1. The molecule has 0 aromatic carbocycles. The van der Waals surface area contributed by atoms with Crippen LogP contribution in [0.3, 0.4) is 0 Å². The third-order valence-corrected chi connectivity index (χ3v) is 2.69. The van der Waals surface area contributed by atoms with E-state index >= 15 is 0 Å². The molecule has 1 aromatic rings. The molecule has 0 aliphatic rings. The van der Waals surface area contributed by atoms with Crippen molar-refractivity contribution in [2.75, 3.05) is 13.1 Å². The highest BCUT2D eigenvalue weighted by Gasteiger charge is 2.16. The second-order valence-corrected chi connectivity index (χ2v) is 4.45. The molecule has 8 heteroatoms. The van der Waals surface area contributed by atoms with E-state index in [0.29, 0.717) is 31.1 Å². The molecule has 112 valence electrons. The van der Waals surface area contributed by atoms with Crippen molar-refractivity contribution in [2.45, 2.75) is 33.1 Å². The number of nitrogens with one attached hydrogen (secondary N) is 2. The Labute approximate surface area is 116 Å². The van der Waals surface area contributed by atoms with Gasteiger partial charge in [0.2, 0.25) is 5.89 Å². The minimum atomic E-state index is -0.895. The third kappa shape index (κ3) is 5.68. The van der Waals surface area contributed by atoms with Gasteiger partial charge in [-0.2, -0.15) is 4.98 Å². The Balaban J connectivity index is 2.21. The number of rotatable bonds is 8. The van der Waals surface area contributed by atoms with Gasteiger partial charge in [-0.05, 0) is 13.3 Å². The molecule has 0 saturated heterocycles. The topological polar surface area (TPSA) is 117 Å². The van der Waals surface area contributed by atoms with Crippen molar-refractivity contribution in [3.63, 3.8) is 0 Å². The summed E-state index contributed by atoms with van der Waals surface area (Å²) in [6, 6.07) is -0.399. The van der Waals surface area contributed by atoms with E-state index in [1.807, 2.05) is 6.92 Å². The van der Waals surface area contributed by atoms with Gasteiger partial charge in [-0.3, -0.25) is 4.79 Å². The van der Waals surface area contributed by atoms with Gasteiger partial charge in [-0.15, -0.1) is 0 Å². The Bertz CT molecular complexity index is 446. The lowest BCUT2D eigenvalue weighted by molar-refractivity contribution is -0.141. The largest absolute Gasteiger partial charge is 0.481 e. The summed E-state index contributed by atoms with van der Waals surface area (Å²) in [5, 5.41) is 17.7. The lowest BCUT2D eigenvalue weighted by atomic mass is 10.0. The first-order valence-corrected chi connectivity index (χ1v) is 6.56. The lowest BCUT2D eigenvalue weighted by Gasteiger charge is -2.12. The quantitative estimate of drug-likeness (QED) is 0.647. The molecule has 1 unspecified atom stereocenters. The highest BCUT2D eigenvalue weighted by Crippen LogP contribution is 2.04. The molecule has 1 atom stereocenters. The summed E-state index contributed by atoms with van der Waals surface area (Å²) in [5.41, 5.74) is 0. The molecule has 2 amide bonds. The van der Waals surface area contributed by atoms with Crippen molar-refractivity contribution < 1.29 is 19.2 Å². The van der Waals surface area contributed by atoms with Gasteiger partial charge < -0.3 is 20.3 Å². The van der Waals surface area contributed by atoms with Crippen LogP contribution in [-0.4, -0.2) is 40.3 Å². The minimum Gasteiger partial charge on any atom is -0.481 e. The van der Waals surface area contributed by atoms with Crippen LogP contribution in [0.2, 0.25) is 0 Å². The molecule has 20 heavy (non-hydrogen) atoms. The van der Waals surface area contributed by atoms with Gasteiger partial charge in [-0.25, -0.2) is 4.79 Å². The van der Waals surface area contributed by atoms with Crippen LogP contribution in [0.25, 0.3) is 0 Å². The number of aromatic nitrogens is 2. The van der Waals surface area contributed by atoms with E-state index in [4.69, 9.17) is 9.63 Å². The number of carbonyl (C=O) groups is 2. The Morgan fingerprint density at radius 2 is 2.15 bits per heavy atom. The second-order valence-electron chi connectivity index (χ2n) is 4.45. The maximum atomic E-state index is 11.5. The van der Waals surface area contributed by atoms with Crippen LogP contribution in [-0.2, 0) is 11.2 Å². The highest BCUT2D eigenvalue weighted by molar-refractivity contribution is 5.75. The molecular weight excluding hydrogens is 264 g/mol. The van der Waals surface area contributed by atoms with Crippen LogP contribution >= 0.6 is 0 Å². The fourth-order valence-corrected chi connectivity index (χ4v) is 1.66. The monoisotopic (exact) mass is 284 g/mol. The van der Waals surface area contributed by atoms with E-state index in [1.54, 1.807) is 6.92 Å². The lowest BCUT2D eigenvalue weighted by Crippen LogP contribution is -2.40. The number of urea groups is 1. The molecule has 3 N–H and O–H groups in total. The zero-order chi connectivity index (χ0) is 15.0. The smallest absolute Gasteiger partial charge is 0.314 e. The van der Waals surface area contributed by atoms with Gasteiger partial charge >= 0.3 is 12.0 Å². The van der Waals surface area contributed by atoms with Crippen LogP contribution in [0.15, 0.2) is 4.52 Å². The fraction of sp³-hybridized carbons (Fsp3) is 0.667. The van der Waals surface area contributed by atoms with Crippen molar-refractivity contribution in [2.24, 2.45) is 5.92 Å². The van der Waals surface area contributed by atoms with E-state index < -0.39 is 17.9 Å². The maximum absolute atomic E-state index is 11.5. The zero-order valence-corrected chi connectivity index (χ0v) is 11.7. The number of carboxylic acids is 1. The summed E-state index contributed by atoms with van der Waals surface area (Å²) in [4.78, 5) is 26.4. The number of amides is 2. The molecule has 0 saturated carbocycles. The molecular formula is C12H20N4O4. The fourth-order valence-electron chi connectivity index (χ4n) is 1.66. The minimum absolute atomic E-state index is 0.120. The van der Waals surface area contributed by atoms with E-state index in [-0.39, 0.29) is 6.54 Å². The van der Waals surface area contributed by atoms with E-state index in [9.17, 15) is 9.59 Å². The number of aliphatic carboxylic acids is 1. The molecule has 1 heterocycles. The molecule has 1 rings (SSSR count). The second kappa shape index (κ2) is 8.13. The Hall–Kier alpha value is -2.12. The summed E-state index contributed by atoms with van der Waals surface area (Å²) in [6.07, 6.45) is 1.74. The first kappa shape index (κ1) is 15.9. The maximum Gasteiger partial charge on any atom is 0.314 e. The van der Waals surface area contributed by atoms with Gasteiger partial charge in [0, 0.05) is 19.5 Å². The van der Waals surface area contributed by atoms with Gasteiger partial charge in [0.25, 0.3) is 0 Å². The van der Waals surface area contributed by atoms with Crippen molar-refractivity contribution in [3.05, 3.63) is 11.7 Å². The molecule has 0 bridgehead atoms. The van der Waals surface area contributed by atoms with Crippen LogP contribution in [0, 0.1) is 12.8 Å². The van der Waals surface area contributed by atoms with Crippen LogP contribution in [0.1, 0.15) is 31.5 Å². The molecule has 1 aromatic heterocycles. The summed E-state index contributed by atoms with van der Waals surface area (Å²) in [5.74, 6) is -0.441. The molecule has 0 aliphatic carbocycles. The predicted molar refractivity (Wildman–Crippen MR) is 70.2 cm³/mol. The van der Waals surface area contributed by atoms with Gasteiger partial charge in [0.15, 0.2) is 5.82 Å². The van der Waals surface area contributed by atoms with Crippen LogP contribution in [0.5, 0.6) is 0 Å². The Morgan fingerprint density at radius 3 is 2.70 bits per heavy atom. The van der Waals surface area contributed by atoms with Crippen molar-refractivity contribution in [3.8, 4) is 0 Å². The Kier molecular flexibility index (Phi) is 6.48. The first-order chi connectivity index (χ1) is 9.52. The summed E-state index contributed by atoms with van der Waals surface area (Å²) < 4.78 is 4.90. The highest BCUT2D eigenvalue weighted by atomic mass is 16.5. The molecule has 0 radical (unpaired) electrons. The number of aryl methyl sites for hydroxylation is 1. The predicted octanol–water partition coefficient (Wildman–Crippen LogP) is 0.721. The van der Waals surface area contributed by atoms with E-state index in [1.165, 1.54) is 0 Å². The van der Waals surface area contributed by atoms with Gasteiger partial charge in [-0.1, -0.05) is 18.5 Å². The third-order valence-electron chi connectivity index (χ3n) is 2.69. The average Bonchev–Trinajstić information content (AvgIpc) is 2.80. The van der Waals surface area contributed by atoms with Crippen LogP contribution < -0.4 is 10.6 Å². The number of hydrogen-bond donors (Lipinski definition) is 3. The number of carboxylic acid groups (broad SMARTS) is 1. The molecule has 0 spiro atoms. The molecule has 8 nitrogen and oxygen atoms in total. The summed E-state index contributed by atoms with van der Waals surface area (Å²) in [6.45, 7) is 4.09. The normalized spacial score (nSPS) is 11.9. The summed E-state index contributed by atoms with van der Waals surface area (Å²) in [7, 11) is 0. The SMILES string of the molecule is CCCC(CNC(=O)NCCc1nc(C)no1)C(=O)O. The first-order valence-electron chi connectivity index (χ1n) is 6.56. The average molecular weight is 284 g/mol. The number of nitrogens with zero attached hydrogens (tertiary/aromatic N) is 2. The van der Waals surface area contributed by atoms with E-state index in [0.717, 1.165) is 6.42 Å². The zero-order valence-electron chi connectivity index (χ0n) is 11.7. The molecule has 0 fully saturated rings. The van der Waals surface area contributed by atoms with Gasteiger partial charge in [0.05, 0.1) is 5.92 Å². The summed E-state index contributed by atoms with van der Waals surface area (Å²) >= 11 is 0. The van der Waals surface area contributed by atoms with Gasteiger partial charge in [0.1, 0.15) is 0 Å². The molecule has 0 aliphatic heterocycles. The Morgan fingerprint density at radius 1 is 1.40 bits per heavy atom. The van der Waals surface area contributed by atoms with Crippen molar-refractivity contribution in [1.29, 1.82) is 0 Å². The van der Waals surface area contributed by atoms with Crippen molar-refractivity contribution in [1.82, 2.24) is 20.8 Å². The van der Waals surface area contributed by atoms with Crippen molar-refractivity contribution >= 4 is 12.0 Å². The van der Waals surface area contributed by atoms with Crippen LogP contribution in [0.4, 0.5) is 4.79 Å². The van der Waals surface area contributed by atoms with E-state index in [2.05, 4.69) is 20.8 Å². The standard InChI is InChI=1S/C12H20N4O4/c1-3-4-9(11(17)18)7-14-12(19)13-6-5-10-15-8(2)16-20-10/h9H,3-7H2,1-2H3,(H,17,18)(H2,13,14,19). The number of hydrogen-bond acceptors (Lipinski definition) is 5.